The van der Waals surface area contributed by atoms with Gasteiger partial charge in [-0.2, -0.15) is 0 Å². The van der Waals surface area contributed by atoms with E-state index in [1.54, 1.807) is 0 Å². The molecule has 2 heterocycles. The first-order chi connectivity index (χ1) is 9.00. The summed E-state index contributed by atoms with van der Waals surface area (Å²) in [6, 6.07) is 0.593. The van der Waals surface area contributed by atoms with E-state index in [4.69, 9.17) is 0 Å². The SMILES string of the molecule is CC(C)N1CCN(C(=O)C[N+]2(C)CCNCC2)CC1. The second-order valence-electron chi connectivity index (χ2n) is 6.49. The van der Waals surface area contributed by atoms with Gasteiger partial charge in [-0.25, -0.2) is 0 Å². The predicted molar refractivity (Wildman–Crippen MR) is 76.9 cm³/mol. The average Bonchev–Trinajstić information content (AvgIpc) is 2.39. The van der Waals surface area contributed by atoms with E-state index in [1.165, 1.54) is 0 Å². The third-order valence-electron chi connectivity index (χ3n) is 4.57. The summed E-state index contributed by atoms with van der Waals surface area (Å²) >= 11 is 0. The number of likely N-dealkylation sites (N-methyl/N-ethyl adjacent to an activating group) is 1. The fraction of sp³-hybridized carbons (Fsp3) is 0.929. The number of amides is 1. The molecule has 0 unspecified atom stereocenters. The minimum absolute atomic E-state index is 0.341. The smallest absolute Gasteiger partial charge is 0.277 e. The first-order valence-electron chi connectivity index (χ1n) is 7.56. The van der Waals surface area contributed by atoms with Crippen LogP contribution in [0.4, 0.5) is 0 Å². The average molecular weight is 269 g/mol. The standard InChI is InChI=1S/C14H29N4O/c1-13(2)16-6-8-17(9-7-16)14(19)12-18(3)10-4-15-5-11-18/h13,15H,4-12H2,1-3H3/q+1. The third-order valence-corrected chi connectivity index (χ3v) is 4.57. The molecule has 0 saturated carbocycles. The molecule has 0 aromatic heterocycles. The van der Waals surface area contributed by atoms with Gasteiger partial charge in [-0.05, 0) is 13.8 Å². The molecule has 2 fully saturated rings. The minimum Gasteiger partial charge on any atom is -0.335 e. The van der Waals surface area contributed by atoms with Gasteiger partial charge >= 0.3 is 0 Å². The van der Waals surface area contributed by atoms with Crippen molar-refractivity contribution in [3.05, 3.63) is 0 Å². The Labute approximate surface area is 117 Å². The normalized spacial score (nSPS) is 24.7. The van der Waals surface area contributed by atoms with Crippen LogP contribution in [0.2, 0.25) is 0 Å². The lowest BCUT2D eigenvalue weighted by Crippen LogP contribution is -2.61. The van der Waals surface area contributed by atoms with Crippen LogP contribution in [0.5, 0.6) is 0 Å². The molecule has 2 saturated heterocycles. The zero-order chi connectivity index (χ0) is 13.9. The zero-order valence-electron chi connectivity index (χ0n) is 12.7. The number of piperazine rings is 2. The summed E-state index contributed by atoms with van der Waals surface area (Å²) in [7, 11) is 2.21. The molecular formula is C14H29N4O+. The molecule has 0 spiro atoms. The molecule has 0 aliphatic carbocycles. The van der Waals surface area contributed by atoms with Gasteiger partial charge in [0.15, 0.2) is 6.54 Å². The van der Waals surface area contributed by atoms with Crippen molar-refractivity contribution in [1.82, 2.24) is 15.1 Å². The van der Waals surface area contributed by atoms with Gasteiger partial charge in [-0.3, -0.25) is 9.69 Å². The second kappa shape index (κ2) is 6.20. The fourth-order valence-corrected chi connectivity index (χ4v) is 3.01. The van der Waals surface area contributed by atoms with Crippen LogP contribution in [-0.4, -0.2) is 92.2 Å². The van der Waals surface area contributed by atoms with Crippen molar-refractivity contribution in [2.75, 3.05) is 66.0 Å². The van der Waals surface area contributed by atoms with E-state index >= 15 is 0 Å². The number of hydrogen-bond donors (Lipinski definition) is 1. The molecule has 0 aromatic rings. The highest BCUT2D eigenvalue weighted by atomic mass is 16.2. The summed E-state index contributed by atoms with van der Waals surface area (Å²) in [5.74, 6) is 0.341. The highest BCUT2D eigenvalue weighted by molar-refractivity contribution is 5.77. The van der Waals surface area contributed by atoms with Gasteiger partial charge in [0.05, 0.1) is 20.1 Å². The van der Waals surface area contributed by atoms with Crippen LogP contribution in [-0.2, 0) is 4.79 Å². The first-order valence-corrected chi connectivity index (χ1v) is 7.56. The molecule has 19 heavy (non-hydrogen) atoms. The topological polar surface area (TPSA) is 35.6 Å². The summed E-state index contributed by atoms with van der Waals surface area (Å²) in [6.45, 7) is 13.2. The number of nitrogens with zero attached hydrogens (tertiary/aromatic N) is 3. The Morgan fingerprint density at radius 3 is 2.26 bits per heavy atom. The molecule has 110 valence electrons. The van der Waals surface area contributed by atoms with Crippen molar-refractivity contribution in [3.8, 4) is 0 Å². The Hall–Kier alpha value is -0.650. The maximum absolute atomic E-state index is 12.4. The van der Waals surface area contributed by atoms with Crippen LogP contribution in [0.3, 0.4) is 0 Å². The Morgan fingerprint density at radius 1 is 1.16 bits per heavy atom. The molecule has 0 atom stereocenters. The van der Waals surface area contributed by atoms with E-state index < -0.39 is 0 Å². The molecule has 0 aromatic carbocycles. The Bertz CT molecular complexity index is 305. The van der Waals surface area contributed by atoms with Crippen molar-refractivity contribution in [1.29, 1.82) is 0 Å². The van der Waals surface area contributed by atoms with E-state index in [-0.39, 0.29) is 0 Å². The monoisotopic (exact) mass is 269 g/mol. The maximum Gasteiger partial charge on any atom is 0.277 e. The van der Waals surface area contributed by atoms with Gasteiger partial charge in [-0.1, -0.05) is 0 Å². The molecule has 1 N–H and O–H groups in total. The van der Waals surface area contributed by atoms with E-state index in [9.17, 15) is 4.79 Å². The van der Waals surface area contributed by atoms with Crippen LogP contribution >= 0.6 is 0 Å². The van der Waals surface area contributed by atoms with Crippen LogP contribution in [0, 0.1) is 0 Å². The molecule has 5 heteroatoms. The Balaban J connectivity index is 1.81. The summed E-state index contributed by atoms with van der Waals surface area (Å²) in [6.07, 6.45) is 0. The fourth-order valence-electron chi connectivity index (χ4n) is 3.01. The molecule has 0 radical (unpaired) electrons. The zero-order valence-corrected chi connectivity index (χ0v) is 12.7. The highest BCUT2D eigenvalue weighted by Gasteiger charge is 2.31. The van der Waals surface area contributed by atoms with Crippen LogP contribution in [0.25, 0.3) is 0 Å². The largest absolute Gasteiger partial charge is 0.335 e. The number of quaternary nitrogens is 1. The van der Waals surface area contributed by atoms with E-state index in [0.29, 0.717) is 18.5 Å². The van der Waals surface area contributed by atoms with Crippen molar-refractivity contribution >= 4 is 5.91 Å². The van der Waals surface area contributed by atoms with Gasteiger partial charge in [0.2, 0.25) is 0 Å². The number of carbonyl (C=O) groups excluding carboxylic acids is 1. The summed E-state index contributed by atoms with van der Waals surface area (Å²) in [4.78, 5) is 16.9. The van der Waals surface area contributed by atoms with Gasteiger partial charge in [0.1, 0.15) is 0 Å². The second-order valence-corrected chi connectivity index (χ2v) is 6.49. The molecule has 2 rings (SSSR count). The van der Waals surface area contributed by atoms with Crippen LogP contribution in [0.15, 0.2) is 0 Å². The lowest BCUT2D eigenvalue weighted by molar-refractivity contribution is -0.903. The highest BCUT2D eigenvalue weighted by Crippen LogP contribution is 2.10. The third kappa shape index (κ3) is 3.91. The number of rotatable bonds is 3. The van der Waals surface area contributed by atoms with E-state index in [2.05, 4.69) is 36.0 Å². The van der Waals surface area contributed by atoms with Crippen molar-refractivity contribution in [2.45, 2.75) is 19.9 Å². The van der Waals surface area contributed by atoms with Crippen LogP contribution in [0.1, 0.15) is 13.8 Å². The first kappa shape index (κ1) is 14.8. The lowest BCUT2D eigenvalue weighted by atomic mass is 10.2. The van der Waals surface area contributed by atoms with Crippen LogP contribution < -0.4 is 5.32 Å². The predicted octanol–water partition coefficient (Wildman–Crippen LogP) is -0.411. The Morgan fingerprint density at radius 2 is 1.74 bits per heavy atom. The van der Waals surface area contributed by atoms with Gasteiger partial charge in [-0.15, -0.1) is 0 Å². The molecule has 2 aliphatic heterocycles. The summed E-state index contributed by atoms with van der Waals surface area (Å²) < 4.78 is 0.899. The molecule has 0 bridgehead atoms. The van der Waals surface area contributed by atoms with Gasteiger partial charge in [0, 0.05) is 45.3 Å². The lowest BCUT2D eigenvalue weighted by Gasteiger charge is -2.41. The van der Waals surface area contributed by atoms with E-state index in [1.807, 2.05) is 0 Å². The molecule has 1 amide bonds. The van der Waals surface area contributed by atoms with Crippen molar-refractivity contribution in [3.63, 3.8) is 0 Å². The maximum atomic E-state index is 12.4. The summed E-state index contributed by atoms with van der Waals surface area (Å²) in [5, 5.41) is 3.36. The number of nitrogens with one attached hydrogen (secondary N) is 1. The molecule has 5 nitrogen and oxygen atoms in total. The quantitative estimate of drug-likeness (QED) is 0.708. The van der Waals surface area contributed by atoms with Crippen molar-refractivity contribution < 1.29 is 9.28 Å². The molecule has 2 aliphatic rings. The Kier molecular flexibility index (Phi) is 4.81. The summed E-state index contributed by atoms with van der Waals surface area (Å²) in [5.41, 5.74) is 0. The van der Waals surface area contributed by atoms with Crippen molar-refractivity contribution in [2.24, 2.45) is 0 Å². The number of carbonyl (C=O) groups is 1. The number of hydrogen-bond acceptors (Lipinski definition) is 3. The molecular weight excluding hydrogens is 240 g/mol. The van der Waals surface area contributed by atoms with E-state index in [0.717, 1.165) is 56.8 Å². The van der Waals surface area contributed by atoms with Gasteiger partial charge < -0.3 is 14.7 Å². The van der Waals surface area contributed by atoms with Gasteiger partial charge in [0.25, 0.3) is 5.91 Å². The minimum atomic E-state index is 0.341.